The summed E-state index contributed by atoms with van der Waals surface area (Å²) in [5.41, 5.74) is -0.549. The van der Waals surface area contributed by atoms with Gasteiger partial charge in [-0.1, -0.05) is 11.6 Å². The summed E-state index contributed by atoms with van der Waals surface area (Å²) in [5.74, 6) is -1.26. The molecule has 1 aromatic carbocycles. The monoisotopic (exact) mass is 334 g/mol. The Morgan fingerprint density at radius 2 is 2.00 bits per heavy atom. The molecule has 2 rings (SSSR count). The molecule has 5 nitrogen and oxygen atoms in total. The van der Waals surface area contributed by atoms with Crippen LogP contribution in [0.1, 0.15) is 37.0 Å². The van der Waals surface area contributed by atoms with Crippen molar-refractivity contribution in [2.75, 3.05) is 0 Å². The number of carbonyl (C=O) groups excluding carboxylic acids is 1. The molecule has 1 aliphatic carbocycles. The maximum atomic E-state index is 13.6. The van der Waals surface area contributed by atoms with Gasteiger partial charge in [0.05, 0.1) is 10.6 Å². The molecule has 3 N–H and O–H groups in total. The summed E-state index contributed by atoms with van der Waals surface area (Å²) in [5, 5.41) is 7.55. The summed E-state index contributed by atoms with van der Waals surface area (Å²) in [6.45, 7) is 3.75. The quantitative estimate of drug-likeness (QED) is 0.883. The van der Waals surface area contributed by atoms with Crippen LogP contribution >= 0.6 is 11.6 Å². The Morgan fingerprint density at radius 1 is 1.43 bits per heavy atom. The third-order valence-corrected chi connectivity index (χ3v) is 4.85. The molecule has 0 radical (unpaired) electrons. The minimum absolute atomic E-state index is 0.115. The van der Waals surface area contributed by atoms with Crippen LogP contribution < -0.4 is 10.5 Å². The van der Waals surface area contributed by atoms with Crippen molar-refractivity contribution >= 4 is 27.5 Å². The maximum Gasteiger partial charge on any atom is 0.253 e. The Bertz CT molecular complexity index is 700. The molecule has 1 aliphatic rings. The lowest BCUT2D eigenvalue weighted by atomic mass is 9.98. The van der Waals surface area contributed by atoms with Crippen molar-refractivity contribution in [3.8, 4) is 0 Å². The van der Waals surface area contributed by atoms with Gasteiger partial charge in [0.2, 0.25) is 10.0 Å². The highest BCUT2D eigenvalue weighted by Gasteiger charge is 2.39. The van der Waals surface area contributed by atoms with Crippen LogP contribution in [-0.2, 0) is 10.0 Å². The Morgan fingerprint density at radius 3 is 2.48 bits per heavy atom. The lowest BCUT2D eigenvalue weighted by Crippen LogP contribution is -2.45. The Kier molecular flexibility index (Phi) is 4.03. The summed E-state index contributed by atoms with van der Waals surface area (Å²) in [6.07, 6.45) is 2.04. The second kappa shape index (κ2) is 5.23. The van der Waals surface area contributed by atoms with Gasteiger partial charge in [0.25, 0.3) is 5.91 Å². The number of carbonyl (C=O) groups is 1. The number of hydrogen-bond acceptors (Lipinski definition) is 3. The molecule has 0 aliphatic heterocycles. The van der Waals surface area contributed by atoms with Crippen molar-refractivity contribution in [3.63, 3.8) is 0 Å². The van der Waals surface area contributed by atoms with E-state index >= 15 is 0 Å². The van der Waals surface area contributed by atoms with Gasteiger partial charge in [-0.05, 0) is 44.7 Å². The molecular weight excluding hydrogens is 319 g/mol. The Hall–Kier alpha value is -1.18. The topological polar surface area (TPSA) is 89.3 Å². The number of amides is 1. The van der Waals surface area contributed by atoms with Gasteiger partial charge in [-0.25, -0.2) is 17.9 Å². The zero-order valence-electron chi connectivity index (χ0n) is 11.6. The van der Waals surface area contributed by atoms with Crippen molar-refractivity contribution < 1.29 is 17.6 Å². The van der Waals surface area contributed by atoms with E-state index in [2.05, 4.69) is 5.32 Å². The van der Waals surface area contributed by atoms with Crippen LogP contribution in [-0.4, -0.2) is 19.9 Å². The highest BCUT2D eigenvalue weighted by Crippen LogP contribution is 2.39. The summed E-state index contributed by atoms with van der Waals surface area (Å²) in [6, 6.07) is 1.64. The number of benzene rings is 1. The second-order valence-corrected chi connectivity index (χ2v) is 7.69. The first kappa shape index (κ1) is 16.2. The van der Waals surface area contributed by atoms with E-state index in [9.17, 15) is 17.6 Å². The van der Waals surface area contributed by atoms with Gasteiger partial charge in [-0.15, -0.1) is 0 Å². The lowest BCUT2D eigenvalue weighted by Gasteiger charge is -2.26. The van der Waals surface area contributed by atoms with E-state index in [0.29, 0.717) is 5.92 Å². The molecule has 21 heavy (non-hydrogen) atoms. The zero-order chi connectivity index (χ0) is 16.0. The fraction of sp³-hybridized carbons (Fsp3) is 0.462. The number of nitrogens with two attached hydrogens (primary N) is 1. The Labute approximate surface area is 127 Å². The molecule has 0 unspecified atom stereocenters. The van der Waals surface area contributed by atoms with Crippen molar-refractivity contribution in [2.45, 2.75) is 37.1 Å². The number of halogens is 2. The second-order valence-electron chi connectivity index (χ2n) is 5.76. The molecule has 0 heterocycles. The van der Waals surface area contributed by atoms with Crippen molar-refractivity contribution in [3.05, 3.63) is 28.5 Å². The first-order chi connectivity index (χ1) is 9.52. The predicted molar refractivity (Wildman–Crippen MR) is 77.1 cm³/mol. The van der Waals surface area contributed by atoms with E-state index in [1.807, 2.05) is 13.8 Å². The van der Waals surface area contributed by atoms with Gasteiger partial charge in [0, 0.05) is 5.54 Å². The summed E-state index contributed by atoms with van der Waals surface area (Å²) in [7, 11) is -4.27. The van der Waals surface area contributed by atoms with Gasteiger partial charge >= 0.3 is 0 Å². The number of rotatable bonds is 4. The molecule has 0 atom stereocenters. The van der Waals surface area contributed by atoms with Crippen LogP contribution in [0.5, 0.6) is 0 Å². The van der Waals surface area contributed by atoms with Gasteiger partial charge in [0.15, 0.2) is 0 Å². The van der Waals surface area contributed by atoms with Crippen molar-refractivity contribution in [1.29, 1.82) is 0 Å². The molecule has 1 saturated carbocycles. The molecular formula is C13H16ClFN2O3S. The zero-order valence-corrected chi connectivity index (χ0v) is 13.2. The molecule has 1 aromatic rings. The van der Waals surface area contributed by atoms with E-state index < -0.39 is 32.2 Å². The highest BCUT2D eigenvalue weighted by molar-refractivity contribution is 7.89. The molecule has 0 spiro atoms. The number of primary sulfonamides is 1. The average Bonchev–Trinajstić information content (AvgIpc) is 3.09. The summed E-state index contributed by atoms with van der Waals surface area (Å²) < 4.78 is 36.2. The van der Waals surface area contributed by atoms with Gasteiger partial charge in [-0.2, -0.15) is 0 Å². The molecule has 0 bridgehead atoms. The standard InChI is InChI=1S/C13H16ClFN2O3S/c1-13(2,7-3-4-7)17-12(18)8-5-11(21(16,19)20)10(15)6-9(8)14/h5-7H,3-4H2,1-2H3,(H,17,18)(H2,16,19,20). The van der Waals surface area contributed by atoms with Crippen LogP contribution in [0.3, 0.4) is 0 Å². The largest absolute Gasteiger partial charge is 0.347 e. The first-order valence-corrected chi connectivity index (χ1v) is 8.29. The molecule has 116 valence electrons. The highest BCUT2D eigenvalue weighted by atomic mass is 35.5. The average molecular weight is 335 g/mol. The third kappa shape index (κ3) is 3.53. The maximum absolute atomic E-state index is 13.6. The third-order valence-electron chi connectivity index (χ3n) is 3.61. The van der Waals surface area contributed by atoms with Crippen LogP contribution in [0.15, 0.2) is 17.0 Å². The van der Waals surface area contributed by atoms with Crippen LogP contribution in [0, 0.1) is 11.7 Å². The van der Waals surface area contributed by atoms with E-state index in [0.717, 1.165) is 25.0 Å². The van der Waals surface area contributed by atoms with Crippen molar-refractivity contribution in [1.82, 2.24) is 5.32 Å². The normalized spacial score (nSPS) is 15.9. The molecule has 0 aromatic heterocycles. The van der Waals surface area contributed by atoms with Crippen LogP contribution in [0.25, 0.3) is 0 Å². The van der Waals surface area contributed by atoms with E-state index in [1.165, 1.54) is 0 Å². The predicted octanol–water partition coefficient (Wildman–Crippen LogP) is 2.04. The van der Waals surface area contributed by atoms with Crippen LogP contribution in [0.2, 0.25) is 5.02 Å². The number of hydrogen-bond donors (Lipinski definition) is 2. The minimum atomic E-state index is -4.27. The summed E-state index contributed by atoms with van der Waals surface area (Å²) >= 11 is 5.83. The van der Waals surface area contributed by atoms with Gasteiger partial charge in [-0.3, -0.25) is 4.79 Å². The smallest absolute Gasteiger partial charge is 0.253 e. The molecule has 1 amide bonds. The lowest BCUT2D eigenvalue weighted by molar-refractivity contribution is 0.0903. The van der Waals surface area contributed by atoms with Crippen molar-refractivity contribution in [2.24, 2.45) is 11.1 Å². The van der Waals surface area contributed by atoms with Crippen LogP contribution in [0.4, 0.5) is 4.39 Å². The molecule has 1 fully saturated rings. The fourth-order valence-corrected chi connectivity index (χ4v) is 3.04. The molecule has 0 saturated heterocycles. The number of nitrogens with one attached hydrogen (secondary N) is 1. The van der Waals surface area contributed by atoms with Gasteiger partial charge in [0.1, 0.15) is 10.7 Å². The minimum Gasteiger partial charge on any atom is -0.347 e. The summed E-state index contributed by atoms with van der Waals surface area (Å²) in [4.78, 5) is 11.5. The van der Waals surface area contributed by atoms with E-state index in [-0.39, 0.29) is 10.6 Å². The fourth-order valence-electron chi connectivity index (χ4n) is 2.19. The molecule has 8 heteroatoms. The van der Waals surface area contributed by atoms with E-state index in [1.54, 1.807) is 0 Å². The van der Waals surface area contributed by atoms with Gasteiger partial charge < -0.3 is 5.32 Å². The number of sulfonamides is 1. The SMILES string of the molecule is CC(C)(NC(=O)c1cc(S(N)(=O)=O)c(F)cc1Cl)C1CC1. The Balaban J connectivity index is 2.37. The first-order valence-electron chi connectivity index (χ1n) is 6.37. The van der Waals surface area contributed by atoms with E-state index in [4.69, 9.17) is 16.7 Å².